The van der Waals surface area contributed by atoms with Crippen molar-refractivity contribution in [2.75, 3.05) is 30.9 Å². The molecule has 2 rings (SSSR count). The van der Waals surface area contributed by atoms with Gasteiger partial charge in [-0.2, -0.15) is 0 Å². The van der Waals surface area contributed by atoms with E-state index in [1.54, 1.807) is 18.0 Å². The highest BCUT2D eigenvalue weighted by Gasteiger charge is 2.04. The predicted molar refractivity (Wildman–Crippen MR) is 102 cm³/mol. The first kappa shape index (κ1) is 19.4. The van der Waals surface area contributed by atoms with E-state index in [1.165, 1.54) is 0 Å². The number of carbonyl (C=O) groups is 1. The zero-order valence-corrected chi connectivity index (χ0v) is 15.3. The Morgan fingerprint density at radius 2 is 2.04 bits per heavy atom. The maximum Gasteiger partial charge on any atom is 0.234 e. The molecule has 0 unspecified atom stereocenters. The summed E-state index contributed by atoms with van der Waals surface area (Å²) in [7, 11) is 0. The number of amides is 1. The molecule has 0 aliphatic heterocycles. The second-order valence-corrected chi connectivity index (χ2v) is 6.30. The van der Waals surface area contributed by atoms with E-state index < -0.39 is 0 Å². The highest BCUT2D eigenvalue weighted by Crippen LogP contribution is 2.14. The Balaban J connectivity index is 1.70. The van der Waals surface area contributed by atoms with Gasteiger partial charge in [-0.05, 0) is 36.8 Å². The number of benzene rings is 1. The second-order valence-electron chi connectivity index (χ2n) is 5.31. The van der Waals surface area contributed by atoms with Crippen LogP contribution in [0.3, 0.4) is 0 Å². The van der Waals surface area contributed by atoms with Crippen molar-refractivity contribution in [2.24, 2.45) is 0 Å². The zero-order valence-electron chi connectivity index (χ0n) is 14.4. The van der Waals surface area contributed by atoms with Gasteiger partial charge in [-0.1, -0.05) is 18.2 Å². The smallest absolute Gasteiger partial charge is 0.234 e. The lowest BCUT2D eigenvalue weighted by Gasteiger charge is -2.08. The Morgan fingerprint density at radius 3 is 2.84 bits per heavy atom. The van der Waals surface area contributed by atoms with E-state index in [0.29, 0.717) is 32.2 Å². The van der Waals surface area contributed by atoms with Crippen LogP contribution < -0.4 is 5.32 Å². The molecule has 2 aromatic rings. The van der Waals surface area contributed by atoms with E-state index in [0.717, 1.165) is 22.7 Å². The second kappa shape index (κ2) is 11.6. The molecule has 1 amide bonds. The van der Waals surface area contributed by atoms with E-state index in [2.05, 4.69) is 10.3 Å². The molecule has 0 spiro atoms. The van der Waals surface area contributed by atoms with Crippen molar-refractivity contribution in [2.45, 2.75) is 19.3 Å². The monoisotopic (exact) mass is 360 g/mol. The third-order valence-electron chi connectivity index (χ3n) is 3.26. The molecule has 134 valence electrons. The molecule has 0 aliphatic carbocycles. The van der Waals surface area contributed by atoms with Crippen molar-refractivity contribution >= 4 is 23.4 Å². The van der Waals surface area contributed by atoms with Gasteiger partial charge in [-0.25, -0.2) is 0 Å². The summed E-state index contributed by atoms with van der Waals surface area (Å²) in [6.07, 6.45) is 1.76. The average Bonchev–Trinajstić information content (AvgIpc) is 2.63. The summed E-state index contributed by atoms with van der Waals surface area (Å²) in [5, 5.41) is 2.92. The van der Waals surface area contributed by atoms with Gasteiger partial charge in [0.05, 0.1) is 31.3 Å². The topological polar surface area (TPSA) is 60.5 Å². The highest BCUT2D eigenvalue weighted by molar-refractivity contribution is 7.99. The van der Waals surface area contributed by atoms with E-state index in [1.807, 2.05) is 49.4 Å². The molecule has 0 aliphatic rings. The molecule has 5 nitrogen and oxygen atoms in total. The lowest BCUT2D eigenvalue weighted by molar-refractivity contribution is -0.113. The summed E-state index contributed by atoms with van der Waals surface area (Å²) in [5.74, 6) is 1.10. The number of hydrogen-bond acceptors (Lipinski definition) is 5. The highest BCUT2D eigenvalue weighted by atomic mass is 32.2. The van der Waals surface area contributed by atoms with Crippen molar-refractivity contribution in [3.05, 3.63) is 59.9 Å². The zero-order chi connectivity index (χ0) is 17.7. The fourth-order valence-corrected chi connectivity index (χ4v) is 2.86. The minimum atomic E-state index is -0.0182. The maximum atomic E-state index is 12.0. The van der Waals surface area contributed by atoms with Gasteiger partial charge in [-0.15, -0.1) is 11.8 Å². The molecule has 0 bridgehead atoms. The molecule has 1 aromatic heterocycles. The van der Waals surface area contributed by atoms with Crippen molar-refractivity contribution in [3.8, 4) is 0 Å². The molecule has 0 atom stereocenters. The Hall–Kier alpha value is -1.89. The molecule has 25 heavy (non-hydrogen) atoms. The number of thioether (sulfide) groups is 1. The first-order chi connectivity index (χ1) is 12.3. The van der Waals surface area contributed by atoms with Gasteiger partial charge in [0, 0.05) is 24.2 Å². The number of pyridine rings is 1. The van der Waals surface area contributed by atoms with E-state index in [4.69, 9.17) is 9.47 Å². The van der Waals surface area contributed by atoms with Gasteiger partial charge in [0.1, 0.15) is 0 Å². The van der Waals surface area contributed by atoms with Crippen LogP contribution in [-0.4, -0.2) is 36.5 Å². The van der Waals surface area contributed by atoms with Gasteiger partial charge in [-0.3, -0.25) is 9.78 Å². The summed E-state index contributed by atoms with van der Waals surface area (Å²) in [4.78, 5) is 16.3. The van der Waals surface area contributed by atoms with Gasteiger partial charge >= 0.3 is 0 Å². The van der Waals surface area contributed by atoms with Crippen molar-refractivity contribution in [1.29, 1.82) is 0 Å². The Kier molecular flexibility index (Phi) is 9.04. The van der Waals surface area contributed by atoms with Crippen LogP contribution in [0.4, 0.5) is 5.69 Å². The lowest BCUT2D eigenvalue weighted by atomic mass is 10.2. The van der Waals surface area contributed by atoms with Crippen molar-refractivity contribution in [1.82, 2.24) is 4.98 Å². The number of nitrogens with zero attached hydrogens (tertiary/aromatic N) is 1. The van der Waals surface area contributed by atoms with Crippen LogP contribution in [0.2, 0.25) is 0 Å². The molecule has 0 radical (unpaired) electrons. The van der Waals surface area contributed by atoms with Crippen molar-refractivity contribution < 1.29 is 14.3 Å². The van der Waals surface area contributed by atoms with Crippen LogP contribution in [-0.2, 0) is 26.6 Å². The number of nitrogens with one attached hydrogen (secondary N) is 1. The molecule has 0 saturated heterocycles. The van der Waals surface area contributed by atoms with Gasteiger partial charge in [0.25, 0.3) is 0 Å². The fourth-order valence-electron chi connectivity index (χ4n) is 2.12. The first-order valence-corrected chi connectivity index (χ1v) is 9.45. The van der Waals surface area contributed by atoms with Gasteiger partial charge < -0.3 is 14.8 Å². The third kappa shape index (κ3) is 8.16. The SMILES string of the molecule is CCOCCOCc1cccc(NC(=O)CSCc2ccccn2)c1. The summed E-state index contributed by atoms with van der Waals surface area (Å²) in [6.45, 7) is 4.32. The van der Waals surface area contributed by atoms with E-state index >= 15 is 0 Å². The van der Waals surface area contributed by atoms with Crippen LogP contribution in [0.1, 0.15) is 18.2 Å². The first-order valence-electron chi connectivity index (χ1n) is 8.30. The number of aromatic nitrogens is 1. The fraction of sp³-hybridized carbons (Fsp3) is 0.368. The minimum Gasteiger partial charge on any atom is -0.379 e. The number of anilines is 1. The third-order valence-corrected chi connectivity index (χ3v) is 4.23. The van der Waals surface area contributed by atoms with E-state index in [-0.39, 0.29) is 5.91 Å². The largest absolute Gasteiger partial charge is 0.379 e. The minimum absolute atomic E-state index is 0.0182. The Morgan fingerprint density at radius 1 is 1.16 bits per heavy atom. The molecular formula is C19H24N2O3S. The molecule has 6 heteroatoms. The number of rotatable bonds is 11. The Bertz CT molecular complexity index is 638. The number of carbonyl (C=O) groups excluding carboxylic acids is 1. The quantitative estimate of drug-likeness (QED) is 0.622. The molecule has 0 fully saturated rings. The molecule has 1 aromatic carbocycles. The van der Waals surface area contributed by atoms with Gasteiger partial charge in [0.2, 0.25) is 5.91 Å². The summed E-state index contributed by atoms with van der Waals surface area (Å²) < 4.78 is 10.8. The molecule has 1 heterocycles. The summed E-state index contributed by atoms with van der Waals surface area (Å²) in [5.41, 5.74) is 2.79. The van der Waals surface area contributed by atoms with Crippen LogP contribution in [0.15, 0.2) is 48.7 Å². The molecule has 1 N–H and O–H groups in total. The number of ether oxygens (including phenoxy) is 2. The summed E-state index contributed by atoms with van der Waals surface area (Å²) in [6, 6.07) is 13.5. The lowest BCUT2D eigenvalue weighted by Crippen LogP contribution is -2.14. The van der Waals surface area contributed by atoms with Crippen molar-refractivity contribution in [3.63, 3.8) is 0 Å². The van der Waals surface area contributed by atoms with Crippen LogP contribution in [0.25, 0.3) is 0 Å². The van der Waals surface area contributed by atoms with Gasteiger partial charge in [0.15, 0.2) is 0 Å². The number of hydrogen-bond donors (Lipinski definition) is 1. The molecular weight excluding hydrogens is 336 g/mol. The Labute approximate surface area is 153 Å². The standard InChI is InChI=1S/C19H24N2O3S/c1-2-23-10-11-24-13-16-6-5-8-17(12-16)21-19(22)15-25-14-18-7-3-4-9-20-18/h3-9,12H,2,10-11,13-15H2,1H3,(H,21,22). The van der Waals surface area contributed by atoms with Crippen LogP contribution in [0, 0.1) is 0 Å². The normalized spacial score (nSPS) is 10.6. The van der Waals surface area contributed by atoms with Crippen LogP contribution >= 0.6 is 11.8 Å². The maximum absolute atomic E-state index is 12.0. The summed E-state index contributed by atoms with van der Waals surface area (Å²) >= 11 is 1.55. The van der Waals surface area contributed by atoms with E-state index in [9.17, 15) is 4.79 Å². The average molecular weight is 360 g/mol. The van der Waals surface area contributed by atoms with Crippen LogP contribution in [0.5, 0.6) is 0 Å². The molecule has 0 saturated carbocycles. The predicted octanol–water partition coefficient (Wildman–Crippen LogP) is 3.51.